The Morgan fingerprint density at radius 2 is 1.82 bits per heavy atom. The highest BCUT2D eigenvalue weighted by Crippen LogP contribution is 2.30. The van der Waals surface area contributed by atoms with Gasteiger partial charge in [0.15, 0.2) is 0 Å². The van der Waals surface area contributed by atoms with Crippen LogP contribution in [0.3, 0.4) is 0 Å². The van der Waals surface area contributed by atoms with Crippen molar-refractivity contribution in [2.24, 2.45) is 5.92 Å². The van der Waals surface area contributed by atoms with E-state index in [0.29, 0.717) is 11.3 Å². The Morgan fingerprint density at radius 1 is 1.23 bits per heavy atom. The molecule has 0 aromatic heterocycles. The first kappa shape index (κ1) is 16.0. The van der Waals surface area contributed by atoms with Crippen LogP contribution in [-0.2, 0) is 9.59 Å². The highest BCUT2D eigenvalue weighted by atomic mass is 16.4. The molecule has 0 radical (unpaired) electrons. The molecular formula is C16H20N2O4. The molecule has 1 aliphatic rings. The minimum absolute atomic E-state index is 0.00811. The van der Waals surface area contributed by atoms with Crippen molar-refractivity contribution in [3.63, 3.8) is 0 Å². The van der Waals surface area contributed by atoms with Crippen LogP contribution < -0.4 is 5.32 Å². The second-order valence-corrected chi connectivity index (χ2v) is 5.76. The standard InChI is InChI=1S/C16H20N2O4/c1-10(2)18(9-14(19)20)16(22)12-5-7-13(8-6-12)17-15(21)11-3-4-11/h5-8,10-11H,3-4,9H2,1-2H3,(H,17,21)(H,19,20). The summed E-state index contributed by atoms with van der Waals surface area (Å²) in [4.78, 5) is 36.2. The Balaban J connectivity index is 2.05. The number of hydrogen-bond acceptors (Lipinski definition) is 3. The van der Waals surface area contributed by atoms with Crippen LogP contribution in [0.15, 0.2) is 24.3 Å². The zero-order valence-corrected chi connectivity index (χ0v) is 12.7. The molecule has 0 atom stereocenters. The summed E-state index contributed by atoms with van der Waals surface area (Å²) in [6.45, 7) is 3.20. The van der Waals surface area contributed by atoms with Crippen molar-refractivity contribution in [2.45, 2.75) is 32.7 Å². The van der Waals surface area contributed by atoms with E-state index in [1.807, 2.05) is 0 Å². The van der Waals surface area contributed by atoms with Crippen LogP contribution in [0.4, 0.5) is 5.69 Å². The van der Waals surface area contributed by atoms with E-state index in [-0.39, 0.29) is 30.3 Å². The first-order valence-electron chi connectivity index (χ1n) is 7.32. The van der Waals surface area contributed by atoms with Crippen molar-refractivity contribution in [3.05, 3.63) is 29.8 Å². The molecule has 1 aromatic carbocycles. The molecule has 0 saturated heterocycles. The van der Waals surface area contributed by atoms with E-state index in [9.17, 15) is 14.4 Å². The number of amides is 2. The number of carboxylic acids is 1. The summed E-state index contributed by atoms with van der Waals surface area (Å²) in [6, 6.07) is 6.31. The molecule has 22 heavy (non-hydrogen) atoms. The summed E-state index contributed by atoms with van der Waals surface area (Å²) in [5, 5.41) is 11.7. The van der Waals surface area contributed by atoms with Crippen molar-refractivity contribution < 1.29 is 19.5 Å². The van der Waals surface area contributed by atoms with Gasteiger partial charge in [0.1, 0.15) is 6.54 Å². The van der Waals surface area contributed by atoms with Crippen LogP contribution in [-0.4, -0.2) is 40.4 Å². The van der Waals surface area contributed by atoms with Gasteiger partial charge in [0.05, 0.1) is 0 Å². The number of anilines is 1. The number of carbonyl (C=O) groups excluding carboxylic acids is 2. The van der Waals surface area contributed by atoms with Crippen LogP contribution in [0.2, 0.25) is 0 Å². The largest absolute Gasteiger partial charge is 0.480 e. The molecular weight excluding hydrogens is 284 g/mol. The Labute approximate surface area is 129 Å². The second-order valence-electron chi connectivity index (χ2n) is 5.76. The second kappa shape index (κ2) is 6.60. The Hall–Kier alpha value is -2.37. The number of carbonyl (C=O) groups is 3. The van der Waals surface area contributed by atoms with Crippen molar-refractivity contribution >= 4 is 23.5 Å². The van der Waals surface area contributed by atoms with E-state index in [2.05, 4.69) is 5.32 Å². The monoisotopic (exact) mass is 304 g/mol. The first-order valence-corrected chi connectivity index (χ1v) is 7.32. The quantitative estimate of drug-likeness (QED) is 0.841. The lowest BCUT2D eigenvalue weighted by molar-refractivity contribution is -0.138. The molecule has 2 N–H and O–H groups in total. The van der Waals surface area contributed by atoms with Crippen LogP contribution >= 0.6 is 0 Å². The van der Waals surface area contributed by atoms with Gasteiger partial charge in [-0.15, -0.1) is 0 Å². The van der Waals surface area contributed by atoms with E-state index < -0.39 is 5.97 Å². The molecule has 1 saturated carbocycles. The van der Waals surface area contributed by atoms with E-state index in [4.69, 9.17) is 5.11 Å². The Kier molecular flexibility index (Phi) is 4.80. The molecule has 0 heterocycles. The number of carboxylic acid groups (broad SMARTS) is 1. The maximum Gasteiger partial charge on any atom is 0.323 e. The zero-order valence-electron chi connectivity index (χ0n) is 12.7. The zero-order chi connectivity index (χ0) is 16.3. The van der Waals surface area contributed by atoms with Gasteiger partial charge in [0, 0.05) is 23.2 Å². The number of nitrogens with one attached hydrogen (secondary N) is 1. The Bertz CT molecular complexity index is 576. The highest BCUT2D eigenvalue weighted by Gasteiger charge is 2.29. The first-order chi connectivity index (χ1) is 10.4. The topological polar surface area (TPSA) is 86.7 Å². The van der Waals surface area contributed by atoms with Gasteiger partial charge in [-0.1, -0.05) is 0 Å². The normalized spacial score (nSPS) is 13.8. The number of hydrogen-bond donors (Lipinski definition) is 2. The lowest BCUT2D eigenvalue weighted by Gasteiger charge is -2.25. The lowest BCUT2D eigenvalue weighted by atomic mass is 10.1. The maximum absolute atomic E-state index is 12.3. The van der Waals surface area contributed by atoms with Gasteiger partial charge in [-0.3, -0.25) is 14.4 Å². The minimum atomic E-state index is -1.05. The van der Waals surface area contributed by atoms with E-state index in [0.717, 1.165) is 12.8 Å². The smallest absolute Gasteiger partial charge is 0.323 e. The fourth-order valence-corrected chi connectivity index (χ4v) is 2.09. The van der Waals surface area contributed by atoms with Crippen LogP contribution in [0.1, 0.15) is 37.0 Å². The summed E-state index contributed by atoms with van der Waals surface area (Å²) in [7, 11) is 0. The Morgan fingerprint density at radius 3 is 2.27 bits per heavy atom. The third-order valence-electron chi connectivity index (χ3n) is 3.54. The van der Waals surface area contributed by atoms with Crippen LogP contribution in [0.5, 0.6) is 0 Å². The van der Waals surface area contributed by atoms with Gasteiger partial charge < -0.3 is 15.3 Å². The molecule has 6 heteroatoms. The van der Waals surface area contributed by atoms with Gasteiger partial charge in [-0.2, -0.15) is 0 Å². The van der Waals surface area contributed by atoms with Crippen LogP contribution in [0, 0.1) is 5.92 Å². The third kappa shape index (κ3) is 4.07. The molecule has 0 unspecified atom stereocenters. The summed E-state index contributed by atoms with van der Waals surface area (Å²) in [5.41, 5.74) is 1.04. The van der Waals surface area contributed by atoms with Gasteiger partial charge in [0.2, 0.25) is 5.91 Å². The molecule has 1 fully saturated rings. The van der Waals surface area contributed by atoms with Gasteiger partial charge in [0.25, 0.3) is 5.91 Å². The molecule has 0 spiro atoms. The van der Waals surface area contributed by atoms with Crippen molar-refractivity contribution in [1.82, 2.24) is 4.90 Å². The molecule has 2 amide bonds. The van der Waals surface area contributed by atoms with Gasteiger partial charge in [-0.05, 0) is 51.0 Å². The average Bonchev–Trinajstić information content (AvgIpc) is 3.29. The van der Waals surface area contributed by atoms with Crippen molar-refractivity contribution in [3.8, 4) is 0 Å². The predicted molar refractivity (Wildman–Crippen MR) is 81.6 cm³/mol. The summed E-state index contributed by atoms with van der Waals surface area (Å²) < 4.78 is 0. The average molecular weight is 304 g/mol. The number of rotatable bonds is 6. The molecule has 1 aliphatic carbocycles. The summed E-state index contributed by atoms with van der Waals surface area (Å²) >= 11 is 0. The summed E-state index contributed by atoms with van der Waals surface area (Å²) in [5.74, 6) is -1.25. The molecule has 0 aliphatic heterocycles. The van der Waals surface area contributed by atoms with Crippen molar-refractivity contribution in [1.29, 1.82) is 0 Å². The minimum Gasteiger partial charge on any atom is -0.480 e. The maximum atomic E-state index is 12.3. The van der Waals surface area contributed by atoms with Crippen molar-refractivity contribution in [2.75, 3.05) is 11.9 Å². The molecule has 6 nitrogen and oxygen atoms in total. The van der Waals surface area contributed by atoms with Crippen LogP contribution in [0.25, 0.3) is 0 Å². The SMILES string of the molecule is CC(C)N(CC(=O)O)C(=O)c1ccc(NC(=O)C2CC2)cc1. The highest BCUT2D eigenvalue weighted by molar-refractivity contribution is 5.97. The fraction of sp³-hybridized carbons (Fsp3) is 0.438. The van der Waals surface area contributed by atoms with E-state index >= 15 is 0 Å². The van der Waals surface area contributed by atoms with E-state index in [1.165, 1.54) is 4.90 Å². The number of benzene rings is 1. The number of aliphatic carboxylic acids is 1. The van der Waals surface area contributed by atoms with E-state index in [1.54, 1.807) is 38.1 Å². The van der Waals surface area contributed by atoms with Gasteiger partial charge >= 0.3 is 5.97 Å². The molecule has 118 valence electrons. The molecule has 1 aromatic rings. The third-order valence-corrected chi connectivity index (χ3v) is 3.54. The number of nitrogens with zero attached hydrogens (tertiary/aromatic N) is 1. The molecule has 2 rings (SSSR count). The predicted octanol–water partition coefficient (Wildman–Crippen LogP) is 1.97. The molecule has 0 bridgehead atoms. The summed E-state index contributed by atoms with van der Waals surface area (Å²) in [6.07, 6.45) is 1.86. The lowest BCUT2D eigenvalue weighted by Crippen LogP contribution is -2.40. The van der Waals surface area contributed by atoms with Gasteiger partial charge in [-0.25, -0.2) is 0 Å². The fourth-order valence-electron chi connectivity index (χ4n) is 2.09.